The molecule has 0 radical (unpaired) electrons. The average molecular weight is 513 g/mol. The van der Waals surface area contributed by atoms with Crippen LogP contribution in [0.3, 0.4) is 0 Å². The molecule has 0 fully saturated rings. The van der Waals surface area contributed by atoms with Gasteiger partial charge in [0.15, 0.2) is 5.96 Å². The summed E-state index contributed by atoms with van der Waals surface area (Å²) in [7, 11) is 5.81. The summed E-state index contributed by atoms with van der Waals surface area (Å²) in [5, 5.41) is 4.18. The molecular weight excluding hydrogens is 487 g/mol. The van der Waals surface area contributed by atoms with Crippen LogP contribution in [0.25, 0.3) is 0 Å². The number of halogens is 2. The zero-order valence-electron chi connectivity index (χ0n) is 16.3. The summed E-state index contributed by atoms with van der Waals surface area (Å²) in [6.07, 6.45) is 7.51. The van der Waals surface area contributed by atoms with Crippen molar-refractivity contribution in [1.29, 1.82) is 0 Å². The van der Waals surface area contributed by atoms with Crippen LogP contribution < -0.4 is 5.32 Å². The van der Waals surface area contributed by atoms with Crippen molar-refractivity contribution >= 4 is 41.5 Å². The van der Waals surface area contributed by atoms with Gasteiger partial charge in [-0.05, 0) is 17.2 Å². The molecule has 2 aromatic heterocycles. The molecule has 0 amide bonds. The molecule has 0 saturated carbocycles. The lowest BCUT2D eigenvalue weighted by Crippen LogP contribution is -2.38. The summed E-state index contributed by atoms with van der Waals surface area (Å²) < 4.78 is 4.09. The molecule has 6 nitrogen and oxygen atoms in total. The minimum Gasteiger partial charge on any atom is -0.352 e. The van der Waals surface area contributed by atoms with E-state index in [4.69, 9.17) is 11.6 Å². The molecule has 28 heavy (non-hydrogen) atoms. The Morgan fingerprint density at radius 1 is 1.29 bits per heavy atom. The number of aromatic nitrogens is 3. The van der Waals surface area contributed by atoms with Gasteiger partial charge in [-0.2, -0.15) is 0 Å². The van der Waals surface area contributed by atoms with Gasteiger partial charge in [0.25, 0.3) is 0 Å². The number of guanidine groups is 1. The van der Waals surface area contributed by atoms with Crippen LogP contribution in [-0.4, -0.2) is 39.1 Å². The van der Waals surface area contributed by atoms with E-state index in [0.717, 1.165) is 29.8 Å². The molecule has 150 valence electrons. The van der Waals surface area contributed by atoms with Gasteiger partial charge in [0, 0.05) is 58.5 Å². The van der Waals surface area contributed by atoms with Crippen molar-refractivity contribution < 1.29 is 0 Å². The summed E-state index contributed by atoms with van der Waals surface area (Å²) in [5.74, 6) is 0.840. The first-order chi connectivity index (χ1) is 13.0. The highest BCUT2D eigenvalue weighted by atomic mass is 127. The molecule has 0 bridgehead atoms. The van der Waals surface area contributed by atoms with E-state index in [1.165, 1.54) is 11.1 Å². The van der Waals surface area contributed by atoms with Crippen molar-refractivity contribution in [2.75, 3.05) is 14.1 Å². The third kappa shape index (κ3) is 6.00. The lowest BCUT2D eigenvalue weighted by Gasteiger charge is -2.22. The highest BCUT2D eigenvalue weighted by Gasteiger charge is 2.10. The average Bonchev–Trinajstić information content (AvgIpc) is 3.25. The third-order valence-corrected chi connectivity index (χ3v) is 4.62. The van der Waals surface area contributed by atoms with Gasteiger partial charge in [-0.25, -0.2) is 4.98 Å². The Morgan fingerprint density at radius 3 is 2.71 bits per heavy atom. The molecule has 2 heterocycles. The Balaban J connectivity index is 0.00000280. The van der Waals surface area contributed by atoms with Crippen molar-refractivity contribution in [3.63, 3.8) is 0 Å². The lowest BCUT2D eigenvalue weighted by molar-refractivity contribution is 0.461. The number of aryl methyl sites for hydroxylation is 1. The van der Waals surface area contributed by atoms with Crippen molar-refractivity contribution in [3.05, 3.63) is 77.1 Å². The summed E-state index contributed by atoms with van der Waals surface area (Å²) >= 11 is 6.08. The Labute approximate surface area is 188 Å². The van der Waals surface area contributed by atoms with Crippen LogP contribution in [0.4, 0.5) is 0 Å². The molecule has 0 atom stereocenters. The van der Waals surface area contributed by atoms with E-state index in [2.05, 4.69) is 49.0 Å². The normalized spacial score (nSPS) is 11.2. The number of benzene rings is 1. The van der Waals surface area contributed by atoms with Gasteiger partial charge >= 0.3 is 0 Å². The zero-order valence-corrected chi connectivity index (χ0v) is 19.4. The van der Waals surface area contributed by atoms with Crippen LogP contribution in [0.2, 0.25) is 5.02 Å². The van der Waals surface area contributed by atoms with Gasteiger partial charge in [0.2, 0.25) is 0 Å². The first kappa shape index (κ1) is 22.3. The smallest absolute Gasteiger partial charge is 0.194 e. The number of hydrogen-bond acceptors (Lipinski definition) is 2. The first-order valence-electron chi connectivity index (χ1n) is 8.81. The Kier molecular flexibility index (Phi) is 8.37. The molecule has 8 heteroatoms. The number of aliphatic imine (C=N–C) groups is 1. The van der Waals surface area contributed by atoms with Gasteiger partial charge in [-0.3, -0.25) is 4.99 Å². The van der Waals surface area contributed by atoms with Gasteiger partial charge in [-0.1, -0.05) is 35.9 Å². The zero-order chi connectivity index (χ0) is 19.2. The van der Waals surface area contributed by atoms with Gasteiger partial charge in [0.05, 0.1) is 17.9 Å². The maximum Gasteiger partial charge on any atom is 0.194 e. The number of hydrogen-bond donors (Lipinski definition) is 1. The topological polar surface area (TPSA) is 50.4 Å². The minimum atomic E-state index is 0. The van der Waals surface area contributed by atoms with E-state index in [9.17, 15) is 0 Å². The van der Waals surface area contributed by atoms with E-state index < -0.39 is 0 Å². The van der Waals surface area contributed by atoms with Crippen molar-refractivity contribution in [2.45, 2.75) is 19.6 Å². The number of rotatable bonds is 6. The van der Waals surface area contributed by atoms with Crippen LogP contribution in [0.1, 0.15) is 16.8 Å². The largest absolute Gasteiger partial charge is 0.352 e. The molecule has 3 rings (SSSR count). The second-order valence-electron chi connectivity index (χ2n) is 6.57. The molecule has 0 aliphatic carbocycles. The van der Waals surface area contributed by atoms with Gasteiger partial charge < -0.3 is 19.4 Å². The fourth-order valence-corrected chi connectivity index (χ4v) is 3.31. The van der Waals surface area contributed by atoms with Gasteiger partial charge in [0.1, 0.15) is 0 Å². The Hall–Kier alpha value is -2.00. The summed E-state index contributed by atoms with van der Waals surface area (Å²) in [6.45, 7) is 2.25. The van der Waals surface area contributed by atoms with Crippen LogP contribution in [0.5, 0.6) is 0 Å². The van der Waals surface area contributed by atoms with Crippen molar-refractivity contribution in [2.24, 2.45) is 12.0 Å². The highest BCUT2D eigenvalue weighted by Crippen LogP contribution is 2.14. The molecule has 0 unspecified atom stereocenters. The second kappa shape index (κ2) is 10.5. The quantitative estimate of drug-likeness (QED) is 0.311. The molecule has 1 aromatic carbocycles. The van der Waals surface area contributed by atoms with Crippen LogP contribution in [0.15, 0.2) is 60.2 Å². The fourth-order valence-electron chi connectivity index (χ4n) is 3.04. The SMILES string of the molecule is CN=C(NCc1cccc(Cn2ccnc2)c1)N(C)Cc1cc(Cl)cn1C.I. The Bertz CT molecular complexity index is 903. The van der Waals surface area contributed by atoms with E-state index >= 15 is 0 Å². The maximum atomic E-state index is 6.08. The van der Waals surface area contributed by atoms with Crippen LogP contribution >= 0.6 is 35.6 Å². The molecule has 0 saturated heterocycles. The van der Waals surface area contributed by atoms with Crippen molar-refractivity contribution in [3.8, 4) is 0 Å². The van der Waals surface area contributed by atoms with E-state index in [1.807, 2.05) is 43.4 Å². The first-order valence-corrected chi connectivity index (χ1v) is 9.19. The third-order valence-electron chi connectivity index (χ3n) is 4.41. The summed E-state index contributed by atoms with van der Waals surface area (Å²) in [4.78, 5) is 10.6. The molecule has 0 spiro atoms. The summed E-state index contributed by atoms with van der Waals surface area (Å²) in [6, 6.07) is 10.5. The summed E-state index contributed by atoms with van der Waals surface area (Å²) in [5.41, 5.74) is 3.59. The number of nitrogens with zero attached hydrogens (tertiary/aromatic N) is 5. The second-order valence-corrected chi connectivity index (χ2v) is 7.01. The molecular formula is C20H26ClIN6. The number of imidazole rings is 1. The molecule has 1 N–H and O–H groups in total. The van der Waals surface area contributed by atoms with Gasteiger partial charge in [-0.15, -0.1) is 24.0 Å². The molecule has 0 aliphatic rings. The van der Waals surface area contributed by atoms with E-state index in [1.54, 1.807) is 13.2 Å². The van der Waals surface area contributed by atoms with Crippen LogP contribution in [0, 0.1) is 0 Å². The van der Waals surface area contributed by atoms with Crippen LogP contribution in [-0.2, 0) is 26.7 Å². The molecule has 3 aromatic rings. The maximum absolute atomic E-state index is 6.08. The number of nitrogens with one attached hydrogen (secondary N) is 1. The van der Waals surface area contributed by atoms with E-state index in [-0.39, 0.29) is 24.0 Å². The lowest BCUT2D eigenvalue weighted by atomic mass is 10.1. The highest BCUT2D eigenvalue weighted by molar-refractivity contribution is 14.0. The molecule has 0 aliphatic heterocycles. The fraction of sp³-hybridized carbons (Fsp3) is 0.300. The van der Waals surface area contributed by atoms with Crippen molar-refractivity contribution in [1.82, 2.24) is 24.3 Å². The minimum absolute atomic E-state index is 0. The Morgan fingerprint density at radius 2 is 2.07 bits per heavy atom. The monoisotopic (exact) mass is 512 g/mol. The predicted octanol–water partition coefficient (Wildman–Crippen LogP) is 3.75. The standard InChI is InChI=1S/C20H25ClN6.HI/c1-22-20(26(3)14-19-10-18(21)13-25(19)2)24-11-16-5-4-6-17(9-16)12-27-8-7-23-15-27;/h4-10,13,15H,11-12,14H2,1-3H3,(H,22,24);1H. The predicted molar refractivity (Wildman–Crippen MR) is 125 cm³/mol. The van der Waals surface area contributed by atoms with E-state index in [0.29, 0.717) is 6.54 Å².